The van der Waals surface area contributed by atoms with Crippen LogP contribution in [0, 0.1) is 0 Å². The van der Waals surface area contributed by atoms with Gasteiger partial charge < -0.3 is 19.3 Å². The molecule has 10 heteroatoms. The summed E-state index contributed by atoms with van der Waals surface area (Å²) < 4.78 is 40.6. The molecule has 1 saturated heterocycles. The molecule has 150 valence electrons. The van der Waals surface area contributed by atoms with Gasteiger partial charge >= 0.3 is 10.2 Å². The molecule has 0 unspecified atom stereocenters. The fourth-order valence-corrected chi connectivity index (χ4v) is 4.28. The van der Waals surface area contributed by atoms with E-state index < -0.39 is 10.2 Å². The largest absolute Gasteiger partial charge is 0.454 e. The Morgan fingerprint density at radius 2 is 1.86 bits per heavy atom. The summed E-state index contributed by atoms with van der Waals surface area (Å²) in [6.45, 7) is 5.80. The molecule has 1 aromatic rings. The highest BCUT2D eigenvalue weighted by molar-refractivity contribution is 7.88. The Bertz CT molecular complexity index is 964. The van der Waals surface area contributed by atoms with Crippen molar-refractivity contribution in [3.63, 3.8) is 0 Å². The molecule has 0 spiro atoms. The van der Waals surface area contributed by atoms with Crippen LogP contribution in [0.4, 0.5) is 0 Å². The van der Waals surface area contributed by atoms with Gasteiger partial charge in [-0.2, -0.15) is 8.42 Å². The third-order valence-electron chi connectivity index (χ3n) is 5.17. The molecule has 1 aromatic carbocycles. The fraction of sp³-hybridized carbons (Fsp3) is 0.444. The highest BCUT2D eigenvalue weighted by Crippen LogP contribution is 2.33. The van der Waals surface area contributed by atoms with Gasteiger partial charge in [-0.15, -0.1) is 4.40 Å². The number of carbonyl (C=O) groups excluding carboxylic acids is 1. The first-order valence-electron chi connectivity index (χ1n) is 9.11. The normalized spacial score (nSPS) is 21.4. The Kier molecular flexibility index (Phi) is 4.76. The van der Waals surface area contributed by atoms with E-state index in [1.165, 1.54) is 13.1 Å². The van der Waals surface area contributed by atoms with Crippen LogP contribution in [0.25, 0.3) is 0 Å². The number of ether oxygens (including phenoxy) is 2. The maximum absolute atomic E-state index is 13.0. The first-order chi connectivity index (χ1) is 13.4. The maximum Gasteiger partial charge on any atom is 0.345 e. The quantitative estimate of drug-likeness (QED) is 0.724. The van der Waals surface area contributed by atoms with Gasteiger partial charge in [-0.3, -0.25) is 4.79 Å². The van der Waals surface area contributed by atoms with Crippen molar-refractivity contribution >= 4 is 21.8 Å². The van der Waals surface area contributed by atoms with Crippen LogP contribution < -0.4 is 9.47 Å². The molecule has 4 rings (SSSR count). The highest BCUT2D eigenvalue weighted by atomic mass is 32.2. The first kappa shape index (κ1) is 18.8. The minimum absolute atomic E-state index is 0.0904. The van der Waals surface area contributed by atoms with E-state index in [0.717, 1.165) is 23.9 Å². The summed E-state index contributed by atoms with van der Waals surface area (Å²) in [4.78, 5) is 17.0. The molecular formula is C18H22N4O5S. The first-order valence-corrected chi connectivity index (χ1v) is 10.5. The minimum atomic E-state index is -4.00. The smallest absolute Gasteiger partial charge is 0.345 e. The number of fused-ring (bicyclic) bond motifs is 1. The zero-order valence-corrected chi connectivity index (χ0v) is 16.6. The van der Waals surface area contributed by atoms with Gasteiger partial charge in [-0.1, -0.05) is 6.92 Å². The van der Waals surface area contributed by atoms with E-state index in [4.69, 9.17) is 9.47 Å². The third kappa shape index (κ3) is 3.33. The lowest BCUT2D eigenvalue weighted by Gasteiger charge is -2.36. The summed E-state index contributed by atoms with van der Waals surface area (Å²) in [5.41, 5.74) is 0.835. The highest BCUT2D eigenvalue weighted by Gasteiger charge is 2.33. The van der Waals surface area contributed by atoms with Crippen LogP contribution in [0.15, 0.2) is 34.4 Å². The molecule has 3 aliphatic heterocycles. The van der Waals surface area contributed by atoms with E-state index >= 15 is 0 Å². The van der Waals surface area contributed by atoms with E-state index in [2.05, 4.69) is 16.2 Å². The summed E-state index contributed by atoms with van der Waals surface area (Å²) >= 11 is 0. The predicted molar refractivity (Wildman–Crippen MR) is 103 cm³/mol. The zero-order chi connectivity index (χ0) is 19.9. The molecule has 0 radical (unpaired) electrons. The molecule has 0 N–H and O–H groups in total. The number of likely N-dealkylation sites (N-methyl/N-ethyl adjacent to an activating group) is 2. The minimum Gasteiger partial charge on any atom is -0.454 e. The number of benzene rings is 1. The fourth-order valence-electron chi connectivity index (χ4n) is 3.37. The maximum atomic E-state index is 13.0. The lowest BCUT2D eigenvalue weighted by Crippen LogP contribution is -2.50. The summed E-state index contributed by atoms with van der Waals surface area (Å²) in [5, 5.41) is 0. The second-order valence-electron chi connectivity index (χ2n) is 6.75. The van der Waals surface area contributed by atoms with Crippen molar-refractivity contribution < 1.29 is 22.7 Å². The standard InChI is InChI=1S/C18H22N4O5S/c1-3-21-6-8-22(9-7-21)18(23)15-11-14(19-28(24,25)20(15)2)13-4-5-16-17(10-13)27-12-26-16/h4-5,10-11H,3,6-9,12H2,1-2H3. The van der Waals surface area contributed by atoms with Gasteiger partial charge in [-0.05, 0) is 30.8 Å². The Labute approximate surface area is 164 Å². The average molecular weight is 406 g/mol. The number of hydrogen-bond donors (Lipinski definition) is 0. The molecule has 0 saturated carbocycles. The van der Waals surface area contributed by atoms with Crippen molar-refractivity contribution in [2.75, 3.05) is 46.6 Å². The number of amides is 1. The summed E-state index contributed by atoms with van der Waals surface area (Å²) in [6, 6.07) is 5.07. The van der Waals surface area contributed by atoms with Crippen molar-refractivity contribution in [2.45, 2.75) is 6.92 Å². The zero-order valence-electron chi connectivity index (χ0n) is 15.8. The molecule has 3 heterocycles. The number of hydrogen-bond acceptors (Lipinski definition) is 6. The number of nitrogens with zero attached hydrogens (tertiary/aromatic N) is 4. The molecule has 0 bridgehead atoms. The third-order valence-corrected chi connectivity index (χ3v) is 6.48. The number of rotatable bonds is 3. The van der Waals surface area contributed by atoms with Crippen LogP contribution in [0.3, 0.4) is 0 Å². The molecule has 1 amide bonds. The van der Waals surface area contributed by atoms with Gasteiger partial charge in [0.05, 0.1) is 5.71 Å². The Balaban J connectivity index is 1.65. The lowest BCUT2D eigenvalue weighted by molar-refractivity contribution is -0.129. The van der Waals surface area contributed by atoms with Crippen LogP contribution >= 0.6 is 0 Å². The molecule has 28 heavy (non-hydrogen) atoms. The molecular weight excluding hydrogens is 384 g/mol. The van der Waals surface area contributed by atoms with Crippen LogP contribution in [0.5, 0.6) is 11.5 Å². The van der Waals surface area contributed by atoms with Gasteiger partial charge in [0.15, 0.2) is 11.5 Å². The van der Waals surface area contributed by atoms with Crippen LogP contribution in [-0.2, 0) is 15.0 Å². The number of piperazine rings is 1. The van der Waals surface area contributed by atoms with E-state index in [9.17, 15) is 13.2 Å². The molecule has 3 aliphatic rings. The van der Waals surface area contributed by atoms with Crippen LogP contribution in [-0.4, -0.2) is 80.7 Å². The summed E-state index contributed by atoms with van der Waals surface area (Å²) in [7, 11) is -2.65. The Morgan fingerprint density at radius 1 is 1.14 bits per heavy atom. The summed E-state index contributed by atoms with van der Waals surface area (Å²) in [6.07, 6.45) is 1.52. The van der Waals surface area contributed by atoms with E-state index in [0.29, 0.717) is 30.2 Å². The van der Waals surface area contributed by atoms with Crippen molar-refractivity contribution in [3.8, 4) is 11.5 Å². The Morgan fingerprint density at radius 3 is 2.57 bits per heavy atom. The molecule has 9 nitrogen and oxygen atoms in total. The summed E-state index contributed by atoms with van der Waals surface area (Å²) in [5.74, 6) is 0.803. The molecule has 0 aliphatic carbocycles. The monoisotopic (exact) mass is 406 g/mol. The Hall–Kier alpha value is -2.59. The SMILES string of the molecule is CCN1CCN(C(=O)C2=CC(c3ccc4c(c3)OCO4)=NS(=O)(=O)N2C)CC1. The van der Waals surface area contributed by atoms with Gasteiger partial charge in [0.1, 0.15) is 5.70 Å². The van der Waals surface area contributed by atoms with E-state index in [-0.39, 0.29) is 24.1 Å². The van der Waals surface area contributed by atoms with Crippen molar-refractivity contribution in [2.24, 2.45) is 4.40 Å². The van der Waals surface area contributed by atoms with Crippen LogP contribution in [0.2, 0.25) is 0 Å². The van der Waals surface area contributed by atoms with Gasteiger partial charge in [-0.25, -0.2) is 4.31 Å². The molecule has 0 atom stereocenters. The topological polar surface area (TPSA) is 91.7 Å². The van der Waals surface area contributed by atoms with Crippen molar-refractivity contribution in [1.29, 1.82) is 0 Å². The number of allylic oxidation sites excluding steroid dienone is 1. The van der Waals surface area contributed by atoms with Crippen molar-refractivity contribution in [3.05, 3.63) is 35.5 Å². The van der Waals surface area contributed by atoms with Gasteiger partial charge in [0.2, 0.25) is 6.79 Å². The van der Waals surface area contributed by atoms with Gasteiger partial charge in [0, 0.05) is 38.8 Å². The lowest BCUT2D eigenvalue weighted by atomic mass is 10.1. The van der Waals surface area contributed by atoms with Crippen LogP contribution in [0.1, 0.15) is 12.5 Å². The molecule has 0 aromatic heterocycles. The average Bonchev–Trinajstić information content (AvgIpc) is 3.17. The van der Waals surface area contributed by atoms with E-state index in [1.807, 2.05) is 0 Å². The van der Waals surface area contributed by atoms with Gasteiger partial charge in [0.25, 0.3) is 5.91 Å². The molecule has 1 fully saturated rings. The second-order valence-corrected chi connectivity index (χ2v) is 8.37. The van der Waals surface area contributed by atoms with E-state index in [1.54, 1.807) is 23.1 Å². The van der Waals surface area contributed by atoms with Crippen molar-refractivity contribution in [1.82, 2.24) is 14.1 Å². The second kappa shape index (κ2) is 7.10. The number of carbonyl (C=O) groups is 1. The predicted octanol–water partition coefficient (Wildman–Crippen LogP) is 0.443.